The van der Waals surface area contributed by atoms with E-state index in [1.165, 1.54) is 0 Å². The van der Waals surface area contributed by atoms with Crippen LogP contribution in [0.4, 0.5) is 5.82 Å². The normalized spacial score (nSPS) is 15.1. The van der Waals surface area contributed by atoms with Crippen molar-refractivity contribution >= 4 is 38.6 Å². The first-order valence-electron chi connectivity index (χ1n) is 7.82. The Bertz CT molecular complexity index is 652. The van der Waals surface area contributed by atoms with Crippen molar-refractivity contribution in [2.24, 2.45) is 5.73 Å². The summed E-state index contributed by atoms with van der Waals surface area (Å²) in [6.45, 7) is 2.74. The maximum atomic E-state index is 10.3. The van der Waals surface area contributed by atoms with Gasteiger partial charge in [0, 0.05) is 44.6 Å². The van der Waals surface area contributed by atoms with Crippen molar-refractivity contribution in [1.82, 2.24) is 4.98 Å². The summed E-state index contributed by atoms with van der Waals surface area (Å²) < 4.78 is 1.06. The maximum absolute atomic E-state index is 10.3. The van der Waals surface area contributed by atoms with E-state index in [9.17, 15) is 4.79 Å². The van der Waals surface area contributed by atoms with E-state index in [1.807, 2.05) is 31.3 Å². The van der Waals surface area contributed by atoms with E-state index in [1.54, 1.807) is 6.92 Å². The number of hydrogen-bond donors (Lipinski definition) is 3. The van der Waals surface area contributed by atoms with E-state index in [4.69, 9.17) is 10.8 Å². The number of aliphatic hydroxyl groups is 1. The first-order valence-corrected chi connectivity index (χ1v) is 8.62. The van der Waals surface area contributed by atoms with Crippen LogP contribution in [0, 0.1) is 0 Å². The molecule has 138 valence electrons. The smallest absolute Gasteiger partial charge is 0.199 e. The van der Waals surface area contributed by atoms with Crippen LogP contribution in [0.3, 0.4) is 0 Å². The van der Waals surface area contributed by atoms with Gasteiger partial charge in [-0.15, -0.1) is 6.54 Å². The molecular formula is C17H24BrN4O2W-. The number of primary amides is 1. The number of nitrogens with one attached hydrogen (secondary N) is 1. The Balaban J connectivity index is 0.000000415. The number of carbonyl (C=O) groups excluding carboxylic acids is 1. The fourth-order valence-electron chi connectivity index (χ4n) is 2.08. The van der Waals surface area contributed by atoms with Gasteiger partial charge in [-0.2, -0.15) is 0 Å². The number of pyridine rings is 1. The predicted molar refractivity (Wildman–Crippen MR) is 102 cm³/mol. The van der Waals surface area contributed by atoms with Crippen molar-refractivity contribution < 1.29 is 31.0 Å². The van der Waals surface area contributed by atoms with Crippen molar-refractivity contribution in [3.63, 3.8) is 0 Å². The molecule has 1 atom stereocenters. The van der Waals surface area contributed by atoms with Crippen molar-refractivity contribution in [2.75, 3.05) is 25.5 Å². The summed E-state index contributed by atoms with van der Waals surface area (Å²) in [4.78, 5) is 14.7. The minimum Gasteiger partial charge on any atom is -0.652 e. The van der Waals surface area contributed by atoms with Crippen molar-refractivity contribution in [2.45, 2.75) is 25.8 Å². The second-order valence-corrected chi connectivity index (χ2v) is 5.98. The average molecular weight is 580 g/mol. The molecule has 1 amide bonds. The summed E-state index contributed by atoms with van der Waals surface area (Å²) in [6, 6.07) is 9.93. The van der Waals surface area contributed by atoms with Crippen LogP contribution in [-0.4, -0.2) is 42.2 Å². The third kappa shape index (κ3) is 8.77. The third-order valence-corrected chi connectivity index (χ3v) is 3.72. The standard InChI is InChI=1S/C10H9BrN2.C5H9N2O.C2H6O.W/c1-12-10-5-3-7-2-4-8(11)6-9(7)13-10;6-5(8)4-2-1-3-7-4;1-2-3;/h2-6H,1H3,(H,12,13);4H,1-3H2,(H2,6,8);3H,2H2,1H3;/q;-1;;. The van der Waals surface area contributed by atoms with Crippen molar-refractivity contribution in [3.05, 3.63) is 40.1 Å². The van der Waals surface area contributed by atoms with Gasteiger partial charge in [0.05, 0.1) is 5.52 Å². The van der Waals surface area contributed by atoms with Gasteiger partial charge < -0.3 is 21.5 Å². The minimum absolute atomic E-state index is 0. The minimum atomic E-state index is -0.275. The molecule has 4 N–H and O–H groups in total. The molecule has 0 aliphatic carbocycles. The maximum Gasteiger partial charge on any atom is 0.199 e. The number of fused-ring (bicyclic) bond motifs is 1. The fraction of sp³-hybridized carbons (Fsp3) is 0.412. The Morgan fingerprint density at radius 1 is 1.44 bits per heavy atom. The van der Waals surface area contributed by atoms with Crippen LogP contribution in [0.15, 0.2) is 34.8 Å². The molecule has 6 nitrogen and oxygen atoms in total. The van der Waals surface area contributed by atoms with Gasteiger partial charge in [-0.1, -0.05) is 40.9 Å². The van der Waals surface area contributed by atoms with E-state index in [0.29, 0.717) is 0 Å². The third-order valence-electron chi connectivity index (χ3n) is 3.22. The Hall–Kier alpha value is -1.01. The van der Waals surface area contributed by atoms with Crippen molar-refractivity contribution in [3.8, 4) is 0 Å². The van der Waals surface area contributed by atoms with Crippen LogP contribution in [0.5, 0.6) is 0 Å². The monoisotopic (exact) mass is 579 g/mol. The van der Waals surface area contributed by atoms with Gasteiger partial charge in [0.15, 0.2) is 5.91 Å². The van der Waals surface area contributed by atoms with Crippen LogP contribution in [0.2, 0.25) is 0 Å². The molecule has 3 rings (SSSR count). The Morgan fingerprint density at radius 3 is 2.56 bits per heavy atom. The summed E-state index contributed by atoms with van der Waals surface area (Å²) in [5, 5.41) is 15.7. The first-order chi connectivity index (χ1) is 11.5. The quantitative estimate of drug-likeness (QED) is 0.509. The molecule has 25 heavy (non-hydrogen) atoms. The molecule has 2 heterocycles. The number of carbonyl (C=O) groups is 1. The van der Waals surface area contributed by atoms with E-state index >= 15 is 0 Å². The van der Waals surface area contributed by atoms with Crippen LogP contribution in [0.25, 0.3) is 16.2 Å². The molecule has 0 spiro atoms. The molecule has 1 aromatic heterocycles. The number of rotatable bonds is 2. The molecule has 0 saturated carbocycles. The van der Waals surface area contributed by atoms with Crippen LogP contribution in [0.1, 0.15) is 19.8 Å². The number of nitrogens with two attached hydrogens (primary N) is 1. The number of amides is 1. The second kappa shape index (κ2) is 13.2. The molecule has 1 aromatic carbocycles. The van der Waals surface area contributed by atoms with Gasteiger partial charge in [0.2, 0.25) is 0 Å². The molecule has 0 bridgehead atoms. The van der Waals surface area contributed by atoms with Gasteiger partial charge in [-0.3, -0.25) is 4.79 Å². The van der Waals surface area contributed by atoms with Crippen LogP contribution >= 0.6 is 15.9 Å². The molecule has 1 aliphatic heterocycles. The van der Waals surface area contributed by atoms with Gasteiger partial charge in [-0.25, -0.2) is 4.98 Å². The summed E-state index contributed by atoms with van der Waals surface area (Å²) in [5.41, 5.74) is 5.97. The zero-order chi connectivity index (χ0) is 17.9. The topological polar surface area (TPSA) is 102 Å². The Morgan fingerprint density at radius 2 is 2.08 bits per heavy atom. The largest absolute Gasteiger partial charge is 0.652 e. The molecule has 8 heteroatoms. The molecule has 2 aromatic rings. The van der Waals surface area contributed by atoms with Gasteiger partial charge in [0.25, 0.3) is 0 Å². The zero-order valence-corrected chi connectivity index (χ0v) is 18.9. The molecule has 1 unspecified atom stereocenters. The number of halogens is 1. The first kappa shape index (κ1) is 24.0. The molecule has 1 aliphatic rings. The van der Waals surface area contributed by atoms with Crippen LogP contribution in [-0.2, 0) is 25.9 Å². The van der Waals surface area contributed by atoms with Gasteiger partial charge in [-0.05, 0) is 31.2 Å². The number of benzene rings is 1. The van der Waals surface area contributed by atoms with Crippen molar-refractivity contribution in [1.29, 1.82) is 0 Å². The second-order valence-electron chi connectivity index (χ2n) is 5.07. The SMILES string of the molecule is CCO.CNc1ccc2ccc(Br)cc2n1.NC(=O)C1CCC[N-]1.[W]. The Kier molecular flexibility index (Phi) is 12.7. The number of nitrogens with zero attached hydrogens (tertiary/aromatic N) is 2. The van der Waals surface area contributed by atoms with Crippen LogP contribution < -0.4 is 11.1 Å². The van der Waals surface area contributed by atoms with Gasteiger partial charge in [0.1, 0.15) is 5.82 Å². The summed E-state index contributed by atoms with van der Waals surface area (Å²) in [7, 11) is 1.87. The molecule has 1 saturated heterocycles. The average Bonchev–Trinajstić information content (AvgIpc) is 3.10. The van der Waals surface area contributed by atoms with E-state index < -0.39 is 0 Å². The number of aromatic nitrogens is 1. The fourth-order valence-corrected chi connectivity index (χ4v) is 2.43. The number of hydrogen-bond acceptors (Lipinski definition) is 4. The van der Waals surface area contributed by atoms with E-state index in [0.717, 1.165) is 40.6 Å². The van der Waals surface area contributed by atoms with Gasteiger partial charge >= 0.3 is 0 Å². The summed E-state index contributed by atoms with van der Waals surface area (Å²) >= 11 is 3.42. The summed E-state index contributed by atoms with van der Waals surface area (Å²) in [6.07, 6.45) is 1.88. The predicted octanol–water partition coefficient (Wildman–Crippen LogP) is 3.04. The Labute approximate surface area is 171 Å². The van der Waals surface area contributed by atoms with E-state index in [2.05, 4.69) is 37.6 Å². The molecule has 0 radical (unpaired) electrons. The zero-order valence-electron chi connectivity index (χ0n) is 14.4. The number of aliphatic hydroxyl groups excluding tert-OH is 1. The molecular weight excluding hydrogens is 556 g/mol. The number of anilines is 1. The van der Waals surface area contributed by atoms with E-state index in [-0.39, 0.29) is 39.6 Å². The molecule has 1 fully saturated rings. The summed E-state index contributed by atoms with van der Waals surface area (Å²) in [5.74, 6) is 0.619.